The first kappa shape index (κ1) is 17.5. The fraction of sp³-hybridized carbons (Fsp3) is 0.263. The predicted molar refractivity (Wildman–Crippen MR) is 92.4 cm³/mol. The lowest BCUT2D eigenvalue weighted by Gasteiger charge is -2.09. The molecule has 0 aliphatic carbocycles. The Bertz CT molecular complexity index is 708. The third-order valence-corrected chi connectivity index (χ3v) is 3.50. The van der Waals surface area contributed by atoms with Crippen molar-refractivity contribution in [3.05, 3.63) is 59.7 Å². The van der Waals surface area contributed by atoms with Crippen molar-refractivity contribution in [1.82, 2.24) is 0 Å². The van der Waals surface area contributed by atoms with Gasteiger partial charge in [0, 0.05) is 5.69 Å². The summed E-state index contributed by atoms with van der Waals surface area (Å²) >= 11 is 0. The Kier molecular flexibility index (Phi) is 5.95. The van der Waals surface area contributed by atoms with Gasteiger partial charge in [-0.1, -0.05) is 32.0 Å². The minimum Gasteiger partial charge on any atom is -0.497 e. The molecule has 0 saturated heterocycles. The zero-order valence-corrected chi connectivity index (χ0v) is 14.0. The van der Waals surface area contributed by atoms with E-state index in [0.29, 0.717) is 22.9 Å². The van der Waals surface area contributed by atoms with Crippen LogP contribution in [0.25, 0.3) is 0 Å². The van der Waals surface area contributed by atoms with Crippen LogP contribution in [0.3, 0.4) is 0 Å². The van der Waals surface area contributed by atoms with Crippen molar-refractivity contribution in [2.24, 2.45) is 0 Å². The fourth-order valence-corrected chi connectivity index (χ4v) is 2.11. The molecule has 0 aliphatic heterocycles. The first-order chi connectivity index (χ1) is 11.5. The summed E-state index contributed by atoms with van der Waals surface area (Å²) in [6, 6.07) is 14.2. The summed E-state index contributed by atoms with van der Waals surface area (Å²) in [5, 5.41) is 2.70. The Morgan fingerprint density at radius 1 is 1.08 bits per heavy atom. The average molecular weight is 327 g/mol. The van der Waals surface area contributed by atoms with E-state index in [9.17, 15) is 9.59 Å². The molecule has 24 heavy (non-hydrogen) atoms. The SMILES string of the molecule is COc1cccc(C(=O)OCC(=O)Nc2ccc(C(C)C)cc2)c1. The highest BCUT2D eigenvalue weighted by molar-refractivity contribution is 5.95. The second kappa shape index (κ2) is 8.15. The molecule has 0 spiro atoms. The third-order valence-electron chi connectivity index (χ3n) is 3.50. The lowest BCUT2D eigenvalue weighted by Crippen LogP contribution is -2.20. The van der Waals surface area contributed by atoms with E-state index in [1.165, 1.54) is 12.7 Å². The van der Waals surface area contributed by atoms with Crippen LogP contribution in [0, 0.1) is 0 Å². The molecule has 5 heteroatoms. The number of nitrogens with one attached hydrogen (secondary N) is 1. The number of anilines is 1. The van der Waals surface area contributed by atoms with Crippen molar-refractivity contribution < 1.29 is 19.1 Å². The van der Waals surface area contributed by atoms with E-state index < -0.39 is 5.97 Å². The zero-order chi connectivity index (χ0) is 17.5. The highest BCUT2D eigenvalue weighted by atomic mass is 16.5. The van der Waals surface area contributed by atoms with Gasteiger partial charge < -0.3 is 14.8 Å². The summed E-state index contributed by atoms with van der Waals surface area (Å²) in [5.41, 5.74) is 2.20. The zero-order valence-electron chi connectivity index (χ0n) is 14.0. The normalized spacial score (nSPS) is 10.3. The van der Waals surface area contributed by atoms with E-state index in [1.807, 2.05) is 24.3 Å². The second-order valence-electron chi connectivity index (χ2n) is 5.63. The van der Waals surface area contributed by atoms with Gasteiger partial charge in [-0.3, -0.25) is 4.79 Å². The topological polar surface area (TPSA) is 64.6 Å². The van der Waals surface area contributed by atoms with Crippen LogP contribution in [0.2, 0.25) is 0 Å². The van der Waals surface area contributed by atoms with Crippen molar-refractivity contribution in [3.63, 3.8) is 0 Å². The van der Waals surface area contributed by atoms with Gasteiger partial charge in [0.05, 0.1) is 12.7 Å². The van der Waals surface area contributed by atoms with Gasteiger partial charge in [0.15, 0.2) is 6.61 Å². The highest BCUT2D eigenvalue weighted by Gasteiger charge is 2.11. The summed E-state index contributed by atoms with van der Waals surface area (Å²) in [5.74, 6) is 0.0282. The highest BCUT2D eigenvalue weighted by Crippen LogP contribution is 2.17. The van der Waals surface area contributed by atoms with Crippen LogP contribution in [-0.2, 0) is 9.53 Å². The van der Waals surface area contributed by atoms with Crippen LogP contribution in [0.1, 0.15) is 35.7 Å². The van der Waals surface area contributed by atoms with Crippen LogP contribution in [-0.4, -0.2) is 25.6 Å². The number of ether oxygens (including phenoxy) is 2. The fourth-order valence-electron chi connectivity index (χ4n) is 2.11. The van der Waals surface area contributed by atoms with Crippen LogP contribution in [0.4, 0.5) is 5.69 Å². The average Bonchev–Trinajstić information content (AvgIpc) is 2.60. The van der Waals surface area contributed by atoms with Crippen LogP contribution in [0.5, 0.6) is 5.75 Å². The smallest absolute Gasteiger partial charge is 0.338 e. The predicted octanol–water partition coefficient (Wildman–Crippen LogP) is 3.61. The van der Waals surface area contributed by atoms with E-state index in [2.05, 4.69) is 19.2 Å². The van der Waals surface area contributed by atoms with Gasteiger partial charge >= 0.3 is 5.97 Å². The van der Waals surface area contributed by atoms with E-state index in [4.69, 9.17) is 9.47 Å². The second-order valence-corrected chi connectivity index (χ2v) is 5.63. The molecule has 0 aliphatic rings. The molecule has 0 unspecified atom stereocenters. The van der Waals surface area contributed by atoms with E-state index >= 15 is 0 Å². The summed E-state index contributed by atoms with van der Waals surface area (Å²) in [6.45, 7) is 3.86. The van der Waals surface area contributed by atoms with E-state index in [0.717, 1.165) is 0 Å². The number of methoxy groups -OCH3 is 1. The lowest BCUT2D eigenvalue weighted by atomic mass is 10.0. The van der Waals surface area contributed by atoms with Crippen molar-refractivity contribution in [2.45, 2.75) is 19.8 Å². The Hall–Kier alpha value is -2.82. The number of hydrogen-bond acceptors (Lipinski definition) is 4. The molecular formula is C19H21NO4. The monoisotopic (exact) mass is 327 g/mol. The maximum absolute atomic E-state index is 11.9. The number of esters is 1. The maximum Gasteiger partial charge on any atom is 0.338 e. The van der Waals surface area contributed by atoms with Crippen LogP contribution >= 0.6 is 0 Å². The van der Waals surface area contributed by atoms with E-state index in [-0.39, 0.29) is 12.5 Å². The summed E-state index contributed by atoms with van der Waals surface area (Å²) in [6.07, 6.45) is 0. The molecule has 0 atom stereocenters. The molecule has 0 heterocycles. The Morgan fingerprint density at radius 3 is 2.42 bits per heavy atom. The van der Waals surface area contributed by atoms with Crippen molar-refractivity contribution >= 4 is 17.6 Å². The first-order valence-electron chi connectivity index (χ1n) is 7.70. The molecule has 0 fully saturated rings. The quantitative estimate of drug-likeness (QED) is 0.823. The van der Waals surface area contributed by atoms with Crippen LogP contribution < -0.4 is 10.1 Å². The van der Waals surface area contributed by atoms with Crippen molar-refractivity contribution in [1.29, 1.82) is 0 Å². The van der Waals surface area contributed by atoms with Gasteiger partial charge in [-0.15, -0.1) is 0 Å². The van der Waals surface area contributed by atoms with Gasteiger partial charge in [0.25, 0.3) is 5.91 Å². The number of benzene rings is 2. The molecule has 0 saturated carbocycles. The minimum atomic E-state index is -0.570. The number of carbonyl (C=O) groups excluding carboxylic acids is 2. The van der Waals surface area contributed by atoms with Gasteiger partial charge in [-0.05, 0) is 41.8 Å². The van der Waals surface area contributed by atoms with Crippen LogP contribution in [0.15, 0.2) is 48.5 Å². The number of rotatable bonds is 6. The number of carbonyl (C=O) groups is 2. The molecule has 2 rings (SSSR count). The molecular weight excluding hydrogens is 306 g/mol. The van der Waals surface area contributed by atoms with Gasteiger partial charge in [0.1, 0.15) is 5.75 Å². The lowest BCUT2D eigenvalue weighted by molar-refractivity contribution is -0.119. The molecule has 0 aromatic heterocycles. The summed E-state index contributed by atoms with van der Waals surface area (Å²) < 4.78 is 10.1. The third kappa shape index (κ3) is 4.84. The van der Waals surface area contributed by atoms with Crippen molar-refractivity contribution in [2.75, 3.05) is 19.0 Å². The molecule has 2 aromatic carbocycles. The number of hydrogen-bond donors (Lipinski definition) is 1. The maximum atomic E-state index is 11.9. The minimum absolute atomic E-state index is 0.337. The largest absolute Gasteiger partial charge is 0.497 e. The molecule has 0 radical (unpaired) electrons. The molecule has 0 bridgehead atoms. The Labute approximate surface area is 141 Å². The standard InChI is InChI=1S/C19H21NO4/c1-13(2)14-7-9-16(10-8-14)20-18(21)12-24-19(22)15-5-4-6-17(11-15)23-3/h4-11,13H,12H2,1-3H3,(H,20,21). The van der Waals surface area contributed by atoms with Crippen molar-refractivity contribution in [3.8, 4) is 5.75 Å². The molecule has 5 nitrogen and oxygen atoms in total. The Morgan fingerprint density at radius 2 is 1.79 bits per heavy atom. The van der Waals surface area contributed by atoms with Gasteiger partial charge in [-0.25, -0.2) is 4.79 Å². The molecule has 1 N–H and O–H groups in total. The van der Waals surface area contributed by atoms with E-state index in [1.54, 1.807) is 24.3 Å². The first-order valence-corrected chi connectivity index (χ1v) is 7.70. The molecule has 126 valence electrons. The summed E-state index contributed by atoms with van der Waals surface area (Å²) in [7, 11) is 1.52. The van der Waals surface area contributed by atoms with Gasteiger partial charge in [0.2, 0.25) is 0 Å². The summed E-state index contributed by atoms with van der Waals surface area (Å²) in [4.78, 5) is 23.8. The molecule has 2 aromatic rings. The Balaban J connectivity index is 1.87. The molecule has 1 amide bonds. The van der Waals surface area contributed by atoms with Gasteiger partial charge in [-0.2, -0.15) is 0 Å². The number of amides is 1.